The first-order valence-corrected chi connectivity index (χ1v) is 13.0. The van der Waals surface area contributed by atoms with Crippen LogP contribution in [-0.4, -0.2) is 44.3 Å². The number of ether oxygens (including phenoxy) is 1. The van der Waals surface area contributed by atoms with E-state index >= 15 is 0 Å². The highest BCUT2D eigenvalue weighted by Gasteiger charge is 2.20. The second-order valence-electron chi connectivity index (χ2n) is 9.80. The summed E-state index contributed by atoms with van der Waals surface area (Å²) in [6, 6.07) is 0. The summed E-state index contributed by atoms with van der Waals surface area (Å²) in [4.78, 5) is 44.7. The average molecular weight is 476 g/mol. The number of hydrogen-bond donors (Lipinski definition) is 2. The van der Waals surface area contributed by atoms with Gasteiger partial charge in [0.2, 0.25) is 5.91 Å². The van der Waals surface area contributed by atoms with Crippen molar-refractivity contribution in [2.75, 3.05) is 13.2 Å². The third-order valence-corrected chi connectivity index (χ3v) is 6.37. The maximum Gasteiger partial charge on any atom is 0.330 e. The predicted octanol–water partition coefficient (Wildman–Crippen LogP) is 3.13. The van der Waals surface area contributed by atoms with Crippen LogP contribution in [0.5, 0.6) is 0 Å². The number of carbonyl (C=O) groups excluding carboxylic acids is 1. The Bertz CT molecular complexity index is 1050. The van der Waals surface area contributed by atoms with Crippen LogP contribution in [0.25, 0.3) is 11.2 Å². The fourth-order valence-corrected chi connectivity index (χ4v) is 4.59. The Morgan fingerprint density at radius 1 is 1.18 bits per heavy atom. The number of rotatable bonds is 13. The summed E-state index contributed by atoms with van der Waals surface area (Å²) in [5.74, 6) is 0.906. The van der Waals surface area contributed by atoms with Gasteiger partial charge in [0.15, 0.2) is 11.2 Å². The number of aromatic amines is 1. The van der Waals surface area contributed by atoms with Gasteiger partial charge in [-0.25, -0.2) is 9.78 Å². The second-order valence-corrected chi connectivity index (χ2v) is 9.80. The lowest BCUT2D eigenvalue weighted by atomic mass is 9.98. The third-order valence-electron chi connectivity index (χ3n) is 6.37. The number of aromatic nitrogens is 4. The Labute approximate surface area is 201 Å². The molecule has 1 amide bonds. The SMILES string of the molecule is CCCCn1c(=O)[nH]c(=O)c2c1nc(CCC(=O)NCCCOC1CCCCC1)n2CC(C)C. The Morgan fingerprint density at radius 2 is 1.94 bits per heavy atom. The smallest absolute Gasteiger partial charge is 0.330 e. The summed E-state index contributed by atoms with van der Waals surface area (Å²) < 4.78 is 9.34. The van der Waals surface area contributed by atoms with Crippen molar-refractivity contribution in [1.29, 1.82) is 0 Å². The number of amides is 1. The van der Waals surface area contributed by atoms with Crippen LogP contribution in [-0.2, 0) is 29.0 Å². The van der Waals surface area contributed by atoms with Crippen molar-refractivity contribution in [2.24, 2.45) is 5.92 Å². The van der Waals surface area contributed by atoms with Crippen LogP contribution in [0.1, 0.15) is 84.4 Å². The van der Waals surface area contributed by atoms with E-state index < -0.39 is 11.2 Å². The number of aryl methyl sites for hydroxylation is 2. The van der Waals surface area contributed by atoms with Crippen molar-refractivity contribution in [3.63, 3.8) is 0 Å². The van der Waals surface area contributed by atoms with Crippen molar-refractivity contribution in [3.05, 3.63) is 26.7 Å². The van der Waals surface area contributed by atoms with Gasteiger partial charge in [-0.2, -0.15) is 0 Å². The van der Waals surface area contributed by atoms with E-state index in [-0.39, 0.29) is 18.2 Å². The van der Waals surface area contributed by atoms with Gasteiger partial charge in [-0.3, -0.25) is 19.1 Å². The van der Waals surface area contributed by atoms with Gasteiger partial charge in [-0.1, -0.05) is 46.5 Å². The maximum absolute atomic E-state index is 12.7. The number of unbranched alkanes of at least 4 members (excludes halogenated alkanes) is 1. The summed E-state index contributed by atoms with van der Waals surface area (Å²) in [5, 5.41) is 2.97. The Kier molecular flexibility index (Phi) is 9.92. The lowest BCUT2D eigenvalue weighted by Gasteiger charge is -2.21. The molecule has 0 radical (unpaired) electrons. The fourth-order valence-electron chi connectivity index (χ4n) is 4.59. The number of nitrogens with one attached hydrogen (secondary N) is 2. The van der Waals surface area contributed by atoms with Crippen LogP contribution in [0.3, 0.4) is 0 Å². The summed E-state index contributed by atoms with van der Waals surface area (Å²) in [7, 11) is 0. The van der Waals surface area contributed by atoms with Crippen LogP contribution >= 0.6 is 0 Å². The van der Waals surface area contributed by atoms with Crippen LogP contribution in [0.4, 0.5) is 0 Å². The van der Waals surface area contributed by atoms with Crippen molar-refractivity contribution in [1.82, 2.24) is 24.4 Å². The van der Waals surface area contributed by atoms with Crippen LogP contribution in [0.15, 0.2) is 9.59 Å². The molecule has 9 nitrogen and oxygen atoms in total. The van der Waals surface area contributed by atoms with Crippen LogP contribution < -0.4 is 16.6 Å². The third kappa shape index (κ3) is 7.04. The van der Waals surface area contributed by atoms with Gasteiger partial charge >= 0.3 is 5.69 Å². The van der Waals surface area contributed by atoms with E-state index in [0.29, 0.717) is 55.8 Å². The van der Waals surface area contributed by atoms with Gasteiger partial charge < -0.3 is 14.6 Å². The minimum absolute atomic E-state index is 0.0434. The lowest BCUT2D eigenvalue weighted by molar-refractivity contribution is -0.121. The maximum atomic E-state index is 12.7. The highest BCUT2D eigenvalue weighted by Crippen LogP contribution is 2.20. The first-order valence-electron chi connectivity index (χ1n) is 13.0. The molecule has 1 saturated carbocycles. The summed E-state index contributed by atoms with van der Waals surface area (Å²) in [6.45, 7) is 8.55. The van der Waals surface area contributed by atoms with E-state index in [9.17, 15) is 14.4 Å². The molecule has 0 bridgehead atoms. The van der Waals surface area contributed by atoms with Crippen LogP contribution in [0, 0.1) is 5.92 Å². The lowest BCUT2D eigenvalue weighted by Crippen LogP contribution is -2.31. The number of carbonyl (C=O) groups is 1. The molecular formula is C25H41N5O4. The zero-order valence-electron chi connectivity index (χ0n) is 21.0. The zero-order valence-corrected chi connectivity index (χ0v) is 21.0. The zero-order chi connectivity index (χ0) is 24.5. The molecule has 1 aliphatic carbocycles. The first-order chi connectivity index (χ1) is 16.4. The van der Waals surface area contributed by atoms with E-state index in [0.717, 1.165) is 32.1 Å². The van der Waals surface area contributed by atoms with Crippen molar-refractivity contribution >= 4 is 17.1 Å². The van der Waals surface area contributed by atoms with Gasteiger partial charge in [0.05, 0.1) is 6.10 Å². The molecule has 2 N–H and O–H groups in total. The Balaban J connectivity index is 1.62. The summed E-state index contributed by atoms with van der Waals surface area (Å²) in [6.07, 6.45) is 9.74. The molecule has 34 heavy (non-hydrogen) atoms. The van der Waals surface area contributed by atoms with E-state index in [4.69, 9.17) is 4.74 Å². The number of H-pyrrole nitrogens is 1. The van der Waals surface area contributed by atoms with Gasteiger partial charge in [-0.15, -0.1) is 0 Å². The summed E-state index contributed by atoms with van der Waals surface area (Å²) in [5.41, 5.74) is -0.0211. The van der Waals surface area contributed by atoms with E-state index in [1.54, 1.807) is 4.57 Å². The highest BCUT2D eigenvalue weighted by atomic mass is 16.5. The van der Waals surface area contributed by atoms with Gasteiger partial charge in [0.1, 0.15) is 5.82 Å². The Morgan fingerprint density at radius 3 is 2.65 bits per heavy atom. The molecule has 2 aromatic heterocycles. The van der Waals surface area contributed by atoms with E-state index in [1.165, 1.54) is 19.3 Å². The highest BCUT2D eigenvalue weighted by molar-refractivity contribution is 5.76. The van der Waals surface area contributed by atoms with E-state index in [1.807, 2.05) is 4.57 Å². The molecule has 0 unspecified atom stereocenters. The number of nitrogens with zero attached hydrogens (tertiary/aromatic N) is 3. The molecule has 1 fully saturated rings. The minimum atomic E-state index is -0.431. The quantitative estimate of drug-likeness (QED) is 0.433. The van der Waals surface area contributed by atoms with Gasteiger partial charge in [-0.05, 0) is 31.6 Å². The molecule has 2 aromatic rings. The molecule has 0 saturated heterocycles. The molecule has 190 valence electrons. The minimum Gasteiger partial charge on any atom is -0.378 e. The molecule has 3 rings (SSSR count). The second kappa shape index (κ2) is 12.9. The molecular weight excluding hydrogens is 434 g/mol. The normalized spacial score (nSPS) is 14.8. The monoisotopic (exact) mass is 475 g/mol. The number of hydrogen-bond acceptors (Lipinski definition) is 5. The van der Waals surface area contributed by atoms with E-state index in [2.05, 4.69) is 36.1 Å². The topological polar surface area (TPSA) is 111 Å². The first kappa shape index (κ1) is 26.2. The molecule has 0 aromatic carbocycles. The Hall–Kier alpha value is -2.42. The standard InChI is InChI=1S/C25H41N5O4/c1-4-5-15-29-23-22(24(32)28-25(29)33)30(17-18(2)3)20(27-23)12-13-21(31)26-14-9-16-34-19-10-7-6-8-11-19/h18-19H,4-17H2,1-3H3,(H,26,31)(H,28,32,33). The van der Waals surface area contributed by atoms with Gasteiger partial charge in [0, 0.05) is 39.1 Å². The molecule has 2 heterocycles. The number of fused-ring (bicyclic) bond motifs is 1. The van der Waals surface area contributed by atoms with Crippen molar-refractivity contribution in [3.8, 4) is 0 Å². The van der Waals surface area contributed by atoms with Crippen molar-refractivity contribution in [2.45, 2.75) is 104 Å². The average Bonchev–Trinajstić information content (AvgIpc) is 3.16. The molecule has 1 aliphatic rings. The predicted molar refractivity (Wildman–Crippen MR) is 133 cm³/mol. The summed E-state index contributed by atoms with van der Waals surface area (Å²) >= 11 is 0. The van der Waals surface area contributed by atoms with Crippen molar-refractivity contribution < 1.29 is 9.53 Å². The molecule has 9 heteroatoms. The number of imidazole rings is 1. The van der Waals surface area contributed by atoms with Crippen LogP contribution in [0.2, 0.25) is 0 Å². The molecule has 0 spiro atoms. The fraction of sp³-hybridized carbons (Fsp3) is 0.760. The van der Waals surface area contributed by atoms with Gasteiger partial charge in [0.25, 0.3) is 5.56 Å². The molecule has 0 atom stereocenters. The largest absolute Gasteiger partial charge is 0.378 e. The molecule has 0 aliphatic heterocycles.